The van der Waals surface area contributed by atoms with Gasteiger partial charge >= 0.3 is 0 Å². The fourth-order valence-electron chi connectivity index (χ4n) is 3.18. The van der Waals surface area contributed by atoms with E-state index in [9.17, 15) is 9.90 Å². The highest BCUT2D eigenvalue weighted by molar-refractivity contribution is 5.86. The van der Waals surface area contributed by atoms with E-state index in [1.54, 1.807) is 6.20 Å². The van der Waals surface area contributed by atoms with Crippen molar-refractivity contribution in [3.63, 3.8) is 0 Å². The lowest BCUT2D eigenvalue weighted by molar-refractivity contribution is -0.160. The normalized spacial score (nSPS) is 29.1. The Labute approximate surface area is 118 Å². The lowest BCUT2D eigenvalue weighted by Crippen LogP contribution is -2.65. The first kappa shape index (κ1) is 13.6. The van der Waals surface area contributed by atoms with Crippen LogP contribution in [0.15, 0.2) is 12.3 Å². The van der Waals surface area contributed by atoms with E-state index in [0.717, 1.165) is 18.8 Å². The van der Waals surface area contributed by atoms with Crippen LogP contribution in [0.4, 0.5) is 0 Å². The van der Waals surface area contributed by atoms with Crippen LogP contribution in [0.25, 0.3) is 0 Å². The van der Waals surface area contributed by atoms with Crippen molar-refractivity contribution in [3.05, 3.63) is 18.0 Å². The smallest absolute Gasteiger partial charge is 0.255 e. The van der Waals surface area contributed by atoms with E-state index in [1.807, 2.05) is 29.5 Å². The molecular weight excluding hydrogens is 256 g/mol. The Kier molecular flexibility index (Phi) is 3.10. The van der Waals surface area contributed by atoms with Crippen LogP contribution < -0.4 is 5.32 Å². The fourth-order valence-corrected chi connectivity index (χ4v) is 3.18. The molecule has 3 heterocycles. The minimum absolute atomic E-state index is 0.142. The molecule has 3 rings (SSSR count). The van der Waals surface area contributed by atoms with E-state index in [1.165, 1.54) is 0 Å². The molecule has 1 amide bonds. The summed E-state index contributed by atoms with van der Waals surface area (Å²) in [5.41, 5.74) is -0.618. The average molecular weight is 278 g/mol. The molecule has 20 heavy (non-hydrogen) atoms. The topological polar surface area (TPSA) is 70.4 Å². The van der Waals surface area contributed by atoms with Gasteiger partial charge in [0.15, 0.2) is 5.60 Å². The highest BCUT2D eigenvalue weighted by Gasteiger charge is 2.46. The summed E-state index contributed by atoms with van der Waals surface area (Å²) in [4.78, 5) is 14.7. The molecule has 0 bridgehead atoms. The van der Waals surface area contributed by atoms with Crippen LogP contribution >= 0.6 is 0 Å². The van der Waals surface area contributed by atoms with Crippen molar-refractivity contribution in [2.45, 2.75) is 44.4 Å². The van der Waals surface area contributed by atoms with Gasteiger partial charge in [-0.3, -0.25) is 9.48 Å². The third kappa shape index (κ3) is 2.13. The Morgan fingerprint density at radius 3 is 3.00 bits per heavy atom. The van der Waals surface area contributed by atoms with E-state index < -0.39 is 5.60 Å². The average Bonchev–Trinajstić information content (AvgIpc) is 2.84. The monoisotopic (exact) mass is 278 g/mol. The largest absolute Gasteiger partial charge is 0.380 e. The van der Waals surface area contributed by atoms with E-state index in [0.29, 0.717) is 25.9 Å². The summed E-state index contributed by atoms with van der Waals surface area (Å²) in [6, 6.07) is 1.88. The van der Waals surface area contributed by atoms with Crippen LogP contribution in [0.5, 0.6) is 0 Å². The molecule has 1 aromatic heterocycles. The standard InChI is InChI=1S/C14H22N4O2/c1-13(2)10-15-6-8-17(13)12(19)14(20)4-7-18-11(9-14)3-5-16-18/h3,5,15,20H,4,6-10H2,1-2H3. The number of rotatable bonds is 1. The number of carbonyl (C=O) groups is 1. The number of carbonyl (C=O) groups excluding carboxylic acids is 1. The van der Waals surface area contributed by atoms with Crippen LogP contribution in [0.2, 0.25) is 0 Å². The lowest BCUT2D eigenvalue weighted by Gasteiger charge is -2.46. The second kappa shape index (κ2) is 4.56. The molecule has 1 fully saturated rings. The zero-order valence-corrected chi connectivity index (χ0v) is 12.1. The fraction of sp³-hybridized carbons (Fsp3) is 0.714. The van der Waals surface area contributed by atoms with E-state index in [4.69, 9.17) is 0 Å². The number of aromatic nitrogens is 2. The molecule has 2 N–H and O–H groups in total. The first-order chi connectivity index (χ1) is 9.42. The molecule has 0 aliphatic carbocycles. The molecule has 0 radical (unpaired) electrons. The number of amides is 1. The summed E-state index contributed by atoms with van der Waals surface area (Å²) in [5.74, 6) is -0.142. The predicted molar refractivity (Wildman–Crippen MR) is 74.2 cm³/mol. The minimum Gasteiger partial charge on any atom is -0.380 e. The molecule has 2 aliphatic heterocycles. The molecule has 110 valence electrons. The van der Waals surface area contributed by atoms with Crippen LogP contribution in [0, 0.1) is 0 Å². The summed E-state index contributed by atoms with van der Waals surface area (Å²) in [7, 11) is 0. The first-order valence-electron chi connectivity index (χ1n) is 7.18. The van der Waals surface area contributed by atoms with Gasteiger partial charge in [0, 0.05) is 56.5 Å². The summed E-state index contributed by atoms with van der Waals surface area (Å²) in [6.07, 6.45) is 2.51. The van der Waals surface area contributed by atoms with E-state index in [2.05, 4.69) is 10.4 Å². The van der Waals surface area contributed by atoms with Gasteiger partial charge in [0.25, 0.3) is 5.91 Å². The number of hydrogen-bond acceptors (Lipinski definition) is 4. The van der Waals surface area contributed by atoms with Gasteiger partial charge in [-0.15, -0.1) is 0 Å². The third-order valence-corrected chi connectivity index (χ3v) is 4.46. The molecule has 0 spiro atoms. The first-order valence-corrected chi connectivity index (χ1v) is 7.18. The summed E-state index contributed by atoms with van der Waals surface area (Å²) in [5, 5.41) is 18.3. The Hall–Kier alpha value is -1.40. The third-order valence-electron chi connectivity index (χ3n) is 4.46. The van der Waals surface area contributed by atoms with Gasteiger partial charge in [-0.2, -0.15) is 5.10 Å². The molecule has 1 aromatic rings. The number of aryl methyl sites for hydroxylation is 1. The van der Waals surface area contributed by atoms with Crippen LogP contribution in [-0.4, -0.2) is 56.5 Å². The van der Waals surface area contributed by atoms with Crippen molar-refractivity contribution in [3.8, 4) is 0 Å². The number of nitrogens with zero attached hydrogens (tertiary/aromatic N) is 3. The van der Waals surface area contributed by atoms with Crippen molar-refractivity contribution >= 4 is 5.91 Å². The van der Waals surface area contributed by atoms with E-state index >= 15 is 0 Å². The number of nitrogens with one attached hydrogen (secondary N) is 1. The van der Waals surface area contributed by atoms with Crippen LogP contribution in [-0.2, 0) is 17.8 Å². The summed E-state index contributed by atoms with van der Waals surface area (Å²) < 4.78 is 1.87. The Balaban J connectivity index is 1.83. The zero-order chi connectivity index (χ0) is 14.4. The zero-order valence-electron chi connectivity index (χ0n) is 12.1. The van der Waals surface area contributed by atoms with Crippen LogP contribution in [0.3, 0.4) is 0 Å². The summed E-state index contributed by atoms with van der Waals surface area (Å²) in [6.45, 7) is 6.85. The van der Waals surface area contributed by atoms with Gasteiger partial charge in [0.2, 0.25) is 0 Å². The van der Waals surface area contributed by atoms with Gasteiger partial charge in [0.05, 0.1) is 0 Å². The minimum atomic E-state index is -1.29. The van der Waals surface area contributed by atoms with Gasteiger partial charge in [-0.1, -0.05) is 0 Å². The van der Waals surface area contributed by atoms with Crippen LogP contribution in [0.1, 0.15) is 26.0 Å². The number of hydrogen-bond donors (Lipinski definition) is 2. The van der Waals surface area contributed by atoms with Crippen molar-refractivity contribution in [1.82, 2.24) is 20.0 Å². The van der Waals surface area contributed by atoms with Crippen molar-refractivity contribution < 1.29 is 9.90 Å². The maximum Gasteiger partial charge on any atom is 0.255 e. The van der Waals surface area contributed by atoms with E-state index in [-0.39, 0.29) is 11.4 Å². The Morgan fingerprint density at radius 2 is 2.25 bits per heavy atom. The van der Waals surface area contributed by atoms with Crippen molar-refractivity contribution in [2.24, 2.45) is 0 Å². The molecule has 0 saturated carbocycles. The van der Waals surface area contributed by atoms with Gasteiger partial charge in [-0.25, -0.2) is 0 Å². The van der Waals surface area contributed by atoms with Gasteiger partial charge in [0.1, 0.15) is 0 Å². The molecule has 6 heteroatoms. The molecule has 6 nitrogen and oxygen atoms in total. The maximum absolute atomic E-state index is 12.8. The second-order valence-corrected chi connectivity index (χ2v) is 6.45. The van der Waals surface area contributed by atoms with Crippen molar-refractivity contribution in [1.29, 1.82) is 0 Å². The molecule has 0 aromatic carbocycles. The Morgan fingerprint density at radius 1 is 1.45 bits per heavy atom. The summed E-state index contributed by atoms with van der Waals surface area (Å²) >= 11 is 0. The lowest BCUT2D eigenvalue weighted by atomic mass is 9.87. The second-order valence-electron chi connectivity index (χ2n) is 6.45. The molecule has 1 saturated heterocycles. The molecule has 1 atom stereocenters. The maximum atomic E-state index is 12.8. The molecule has 1 unspecified atom stereocenters. The highest BCUT2D eigenvalue weighted by Crippen LogP contribution is 2.29. The molecular formula is C14H22N4O2. The van der Waals surface area contributed by atoms with Crippen molar-refractivity contribution in [2.75, 3.05) is 19.6 Å². The quantitative estimate of drug-likeness (QED) is 0.744. The predicted octanol–water partition coefficient (Wildman–Crippen LogP) is -0.229. The number of fused-ring (bicyclic) bond motifs is 1. The Bertz CT molecular complexity index is 525. The number of aliphatic hydroxyl groups is 1. The SMILES string of the molecule is CC1(C)CNCCN1C(=O)C1(O)CCn2nccc2C1. The molecule has 2 aliphatic rings. The van der Waals surface area contributed by atoms with Gasteiger partial charge < -0.3 is 15.3 Å². The number of piperazine rings is 1. The highest BCUT2D eigenvalue weighted by atomic mass is 16.3. The van der Waals surface area contributed by atoms with Gasteiger partial charge in [-0.05, 0) is 19.9 Å².